The zero-order valence-electron chi connectivity index (χ0n) is 16.2. The van der Waals surface area contributed by atoms with Gasteiger partial charge < -0.3 is 5.32 Å². The summed E-state index contributed by atoms with van der Waals surface area (Å²) in [5.41, 5.74) is 2.30. The molecule has 0 bridgehead atoms. The summed E-state index contributed by atoms with van der Waals surface area (Å²) >= 11 is 2.79. The van der Waals surface area contributed by atoms with Gasteiger partial charge in [-0.05, 0) is 31.5 Å². The van der Waals surface area contributed by atoms with Gasteiger partial charge in [0.15, 0.2) is 10.8 Å². The molecule has 11 heteroatoms. The smallest absolute Gasteiger partial charge is 0.265 e. The van der Waals surface area contributed by atoms with Crippen LogP contribution in [-0.4, -0.2) is 41.2 Å². The Morgan fingerprint density at radius 1 is 1.30 bits per heavy atom. The van der Waals surface area contributed by atoms with Crippen molar-refractivity contribution >= 4 is 45.2 Å². The number of thioether (sulfide) groups is 1. The van der Waals surface area contributed by atoms with Crippen LogP contribution < -0.4 is 10.9 Å². The molecule has 0 fully saturated rings. The van der Waals surface area contributed by atoms with Crippen LogP contribution in [0.3, 0.4) is 0 Å². The van der Waals surface area contributed by atoms with Crippen molar-refractivity contribution in [2.75, 3.05) is 11.1 Å². The van der Waals surface area contributed by atoms with Crippen molar-refractivity contribution < 1.29 is 4.79 Å². The number of fused-ring (bicyclic) bond motifs is 2. The quantitative estimate of drug-likeness (QED) is 0.487. The highest BCUT2D eigenvalue weighted by atomic mass is 32.2. The van der Waals surface area contributed by atoms with Crippen molar-refractivity contribution in [1.29, 1.82) is 0 Å². The Morgan fingerprint density at radius 2 is 2.17 bits per heavy atom. The Morgan fingerprint density at radius 3 is 2.93 bits per heavy atom. The number of benzene rings is 1. The molecule has 30 heavy (non-hydrogen) atoms. The minimum Gasteiger partial charge on any atom is -0.300 e. The number of rotatable bonds is 4. The predicted molar refractivity (Wildman–Crippen MR) is 116 cm³/mol. The maximum Gasteiger partial charge on any atom is 0.265 e. The second kappa shape index (κ2) is 7.33. The number of hydrogen-bond acceptors (Lipinski definition) is 8. The van der Waals surface area contributed by atoms with E-state index in [-0.39, 0.29) is 23.9 Å². The molecule has 4 heterocycles. The summed E-state index contributed by atoms with van der Waals surface area (Å²) in [6.07, 6.45) is 1.71. The fourth-order valence-corrected chi connectivity index (χ4v) is 5.20. The van der Waals surface area contributed by atoms with Gasteiger partial charge in [0.2, 0.25) is 11.0 Å². The second-order valence-electron chi connectivity index (χ2n) is 7.05. The van der Waals surface area contributed by atoms with Gasteiger partial charge in [-0.15, -0.1) is 10.2 Å². The van der Waals surface area contributed by atoms with E-state index in [9.17, 15) is 9.59 Å². The standard InChI is InChI=1S/C19H17N7O2S2/c1-10-4-3-5-12(6-10)26-16-14(8-20-26)17(28)25-13(9-29-19(25)22-16)7-15(27)21-18-24-23-11(2)30-18/h3-6,8,13H,7,9H2,1-2H3,(H,21,24,27). The molecule has 1 aliphatic rings. The SMILES string of the molecule is Cc1cccc(-n2ncc3c(=O)n4c(nc32)SCC4CC(=O)Nc2nnc(C)s2)c1. The molecule has 4 aromatic rings. The molecule has 1 aliphatic heterocycles. The van der Waals surface area contributed by atoms with Gasteiger partial charge >= 0.3 is 0 Å². The number of amides is 1. The summed E-state index contributed by atoms with van der Waals surface area (Å²) < 4.78 is 3.29. The summed E-state index contributed by atoms with van der Waals surface area (Å²) in [4.78, 5) is 30.3. The van der Waals surface area contributed by atoms with E-state index in [1.165, 1.54) is 23.1 Å². The van der Waals surface area contributed by atoms with Crippen LogP contribution in [0.2, 0.25) is 0 Å². The minimum atomic E-state index is -0.272. The van der Waals surface area contributed by atoms with Crippen LogP contribution in [0.4, 0.5) is 5.13 Å². The average molecular weight is 440 g/mol. The summed E-state index contributed by atoms with van der Waals surface area (Å²) in [5.74, 6) is 0.405. The van der Waals surface area contributed by atoms with E-state index in [0.29, 0.717) is 27.1 Å². The van der Waals surface area contributed by atoms with E-state index in [0.717, 1.165) is 16.3 Å². The largest absolute Gasteiger partial charge is 0.300 e. The third kappa shape index (κ3) is 3.29. The molecule has 0 saturated carbocycles. The first-order valence-corrected chi connectivity index (χ1v) is 11.1. The molecule has 1 unspecified atom stereocenters. The molecule has 0 spiro atoms. The molecule has 3 aromatic heterocycles. The van der Waals surface area contributed by atoms with E-state index >= 15 is 0 Å². The summed E-state index contributed by atoms with van der Waals surface area (Å²) in [6.45, 7) is 3.83. The molecule has 1 N–H and O–H groups in total. The van der Waals surface area contributed by atoms with Crippen LogP contribution in [-0.2, 0) is 4.79 Å². The third-order valence-corrected chi connectivity index (χ3v) is 6.66. The van der Waals surface area contributed by atoms with E-state index in [1.54, 1.807) is 15.4 Å². The number of anilines is 1. The van der Waals surface area contributed by atoms with Gasteiger partial charge in [-0.3, -0.25) is 14.2 Å². The summed E-state index contributed by atoms with van der Waals surface area (Å²) in [7, 11) is 0. The van der Waals surface area contributed by atoms with Gasteiger partial charge in [-0.2, -0.15) is 5.10 Å². The van der Waals surface area contributed by atoms with E-state index in [2.05, 4.69) is 20.6 Å². The normalized spacial score (nSPS) is 15.5. The third-order valence-electron chi connectivity index (χ3n) is 4.81. The van der Waals surface area contributed by atoms with Crippen molar-refractivity contribution in [3.05, 3.63) is 51.4 Å². The van der Waals surface area contributed by atoms with Crippen molar-refractivity contribution in [3.8, 4) is 5.69 Å². The zero-order valence-corrected chi connectivity index (χ0v) is 17.8. The van der Waals surface area contributed by atoms with E-state index < -0.39 is 0 Å². The minimum absolute atomic E-state index is 0.164. The summed E-state index contributed by atoms with van der Waals surface area (Å²) in [6, 6.07) is 7.60. The molecule has 1 atom stereocenters. The van der Waals surface area contributed by atoms with Crippen LogP contribution in [0.1, 0.15) is 23.0 Å². The highest BCUT2D eigenvalue weighted by Gasteiger charge is 2.29. The molecule has 9 nitrogen and oxygen atoms in total. The average Bonchev–Trinajstić information content (AvgIpc) is 3.41. The molecule has 0 saturated heterocycles. The van der Waals surface area contributed by atoms with Gasteiger partial charge in [0, 0.05) is 12.2 Å². The van der Waals surface area contributed by atoms with Gasteiger partial charge in [0.25, 0.3) is 5.56 Å². The maximum atomic E-state index is 13.2. The highest BCUT2D eigenvalue weighted by molar-refractivity contribution is 7.99. The van der Waals surface area contributed by atoms with Crippen molar-refractivity contribution in [1.82, 2.24) is 29.5 Å². The molecular formula is C19H17N7O2S2. The van der Waals surface area contributed by atoms with Crippen LogP contribution in [0.25, 0.3) is 16.7 Å². The van der Waals surface area contributed by atoms with E-state index in [1.807, 2.05) is 38.1 Å². The predicted octanol–water partition coefficient (Wildman–Crippen LogP) is 2.73. The van der Waals surface area contributed by atoms with Crippen LogP contribution >= 0.6 is 23.1 Å². The molecule has 0 radical (unpaired) electrons. The lowest BCUT2D eigenvalue weighted by atomic mass is 10.2. The molecule has 1 aromatic carbocycles. The number of hydrogen-bond donors (Lipinski definition) is 1. The Balaban J connectivity index is 1.47. The lowest BCUT2D eigenvalue weighted by Gasteiger charge is -2.12. The Bertz CT molecular complexity index is 1340. The van der Waals surface area contributed by atoms with Gasteiger partial charge in [0.1, 0.15) is 10.4 Å². The Hall–Kier alpha value is -3.05. The number of nitrogens with one attached hydrogen (secondary N) is 1. The monoisotopic (exact) mass is 439 g/mol. The van der Waals surface area contributed by atoms with Crippen molar-refractivity contribution in [2.24, 2.45) is 0 Å². The number of aryl methyl sites for hydroxylation is 2. The molecular weight excluding hydrogens is 422 g/mol. The van der Waals surface area contributed by atoms with Crippen LogP contribution in [0.5, 0.6) is 0 Å². The second-order valence-corrected chi connectivity index (χ2v) is 9.21. The molecule has 152 valence electrons. The number of carbonyl (C=O) groups excluding carboxylic acids is 1. The topological polar surface area (TPSA) is 108 Å². The number of carbonyl (C=O) groups is 1. The number of aromatic nitrogens is 6. The van der Waals surface area contributed by atoms with Gasteiger partial charge in [-0.25, -0.2) is 9.67 Å². The Labute approximate surface area is 179 Å². The number of nitrogens with zero attached hydrogens (tertiary/aromatic N) is 6. The van der Waals surface area contributed by atoms with Gasteiger partial charge in [-0.1, -0.05) is 35.2 Å². The van der Waals surface area contributed by atoms with Crippen molar-refractivity contribution in [2.45, 2.75) is 31.5 Å². The molecule has 1 amide bonds. The highest BCUT2D eigenvalue weighted by Crippen LogP contribution is 2.33. The van der Waals surface area contributed by atoms with E-state index in [4.69, 9.17) is 4.98 Å². The first-order chi connectivity index (χ1) is 14.5. The maximum absolute atomic E-state index is 13.2. The van der Waals surface area contributed by atoms with Crippen molar-refractivity contribution in [3.63, 3.8) is 0 Å². The first kappa shape index (κ1) is 18.9. The zero-order chi connectivity index (χ0) is 20.8. The molecule has 5 rings (SSSR count). The fraction of sp³-hybridized carbons (Fsp3) is 0.263. The fourth-order valence-electron chi connectivity index (χ4n) is 3.46. The van der Waals surface area contributed by atoms with Gasteiger partial charge in [0.05, 0.1) is 17.9 Å². The summed E-state index contributed by atoms with van der Waals surface area (Å²) in [5, 5.41) is 17.2. The lowest BCUT2D eigenvalue weighted by molar-refractivity contribution is -0.116. The van der Waals surface area contributed by atoms with Crippen LogP contribution in [0, 0.1) is 13.8 Å². The molecule has 0 aliphatic carbocycles. The van der Waals surface area contributed by atoms with Crippen LogP contribution in [0.15, 0.2) is 40.4 Å². The first-order valence-electron chi connectivity index (χ1n) is 9.29. The Kier molecular flexibility index (Phi) is 4.63. The lowest BCUT2D eigenvalue weighted by Crippen LogP contribution is -2.27.